The lowest BCUT2D eigenvalue weighted by atomic mass is 10.0. The van der Waals surface area contributed by atoms with E-state index in [4.69, 9.17) is 0 Å². The molecule has 28 heavy (non-hydrogen) atoms. The second kappa shape index (κ2) is 7.38. The molecule has 0 bridgehead atoms. The summed E-state index contributed by atoms with van der Waals surface area (Å²) in [5, 5.41) is 8.57. The van der Waals surface area contributed by atoms with Crippen molar-refractivity contribution in [3.05, 3.63) is 36.5 Å². The van der Waals surface area contributed by atoms with E-state index in [1.807, 2.05) is 30.3 Å². The number of nitrogens with zero attached hydrogens (tertiary/aromatic N) is 1. The van der Waals surface area contributed by atoms with Gasteiger partial charge in [0.25, 0.3) is 0 Å². The standard InChI is InChI=1S/C19H22N4O4S/c24-17(21-14-7-3-6-13-12(14)5-4-10-20-13)9-2-1-8-16-18-15(11-28(16,26)27)22-19(25)23-18/h3-7,10,15-16,18H,1-2,8-9,11H2,(H,21,24)(H2,22,23,25)/t15-,16-,18+/m1/s1. The van der Waals surface area contributed by atoms with Crippen LogP contribution in [0.15, 0.2) is 36.5 Å². The Balaban J connectivity index is 1.29. The van der Waals surface area contributed by atoms with Gasteiger partial charge < -0.3 is 16.0 Å². The molecule has 1 aromatic heterocycles. The van der Waals surface area contributed by atoms with Crippen molar-refractivity contribution in [3.8, 4) is 0 Å². The van der Waals surface area contributed by atoms with Crippen LogP contribution in [0.1, 0.15) is 25.7 Å². The van der Waals surface area contributed by atoms with Crippen LogP contribution in [0.5, 0.6) is 0 Å². The van der Waals surface area contributed by atoms with Crippen LogP contribution in [0.25, 0.3) is 10.9 Å². The number of anilines is 1. The lowest BCUT2D eigenvalue weighted by molar-refractivity contribution is -0.116. The van der Waals surface area contributed by atoms with Crippen molar-refractivity contribution >= 4 is 38.4 Å². The van der Waals surface area contributed by atoms with Gasteiger partial charge in [-0.2, -0.15) is 0 Å². The van der Waals surface area contributed by atoms with Gasteiger partial charge in [0, 0.05) is 18.0 Å². The minimum atomic E-state index is -3.23. The molecule has 0 saturated carbocycles. The Morgan fingerprint density at radius 1 is 1.18 bits per heavy atom. The van der Waals surface area contributed by atoms with Crippen LogP contribution in [-0.2, 0) is 14.6 Å². The topological polar surface area (TPSA) is 117 Å². The van der Waals surface area contributed by atoms with E-state index in [9.17, 15) is 18.0 Å². The van der Waals surface area contributed by atoms with E-state index in [1.165, 1.54) is 0 Å². The molecular weight excluding hydrogens is 380 g/mol. The number of urea groups is 1. The second-order valence-electron chi connectivity index (χ2n) is 7.29. The number of sulfone groups is 1. The monoisotopic (exact) mass is 402 g/mol. The number of hydrogen-bond donors (Lipinski definition) is 3. The lowest BCUT2D eigenvalue weighted by Gasteiger charge is -2.16. The molecule has 1 aromatic carbocycles. The summed E-state index contributed by atoms with van der Waals surface area (Å²) < 4.78 is 24.6. The van der Waals surface area contributed by atoms with E-state index >= 15 is 0 Å². The van der Waals surface area contributed by atoms with E-state index < -0.39 is 15.1 Å². The maximum atomic E-state index is 12.3. The highest BCUT2D eigenvalue weighted by molar-refractivity contribution is 7.92. The number of benzene rings is 1. The quantitative estimate of drug-likeness (QED) is 0.501. The summed E-state index contributed by atoms with van der Waals surface area (Å²) in [6, 6.07) is 8.28. The van der Waals surface area contributed by atoms with Crippen LogP contribution in [0.3, 0.4) is 0 Å². The molecule has 4 rings (SSSR count). The SMILES string of the molecule is O=C(CCCC[C@@H]1[C@H]2NC(=O)N[C@@H]2CS1(=O)=O)Nc1cccc2ncccc12. The van der Waals surface area contributed by atoms with E-state index in [-0.39, 0.29) is 29.8 Å². The zero-order chi connectivity index (χ0) is 19.7. The van der Waals surface area contributed by atoms with Crippen molar-refractivity contribution in [2.75, 3.05) is 11.1 Å². The van der Waals surface area contributed by atoms with Crippen LogP contribution in [0.2, 0.25) is 0 Å². The summed E-state index contributed by atoms with van der Waals surface area (Å²) in [6.45, 7) is 0. The summed E-state index contributed by atoms with van der Waals surface area (Å²) in [7, 11) is -3.23. The van der Waals surface area contributed by atoms with Gasteiger partial charge in [-0.25, -0.2) is 13.2 Å². The van der Waals surface area contributed by atoms with Crippen LogP contribution in [-0.4, -0.2) is 48.4 Å². The number of carbonyl (C=O) groups excluding carboxylic acids is 2. The molecule has 148 valence electrons. The van der Waals surface area contributed by atoms with Gasteiger partial charge in [-0.15, -0.1) is 0 Å². The largest absolute Gasteiger partial charge is 0.332 e. The molecule has 0 radical (unpaired) electrons. The Morgan fingerprint density at radius 3 is 2.89 bits per heavy atom. The Kier molecular flexibility index (Phi) is 4.92. The van der Waals surface area contributed by atoms with Gasteiger partial charge >= 0.3 is 6.03 Å². The first-order valence-electron chi connectivity index (χ1n) is 9.36. The predicted molar refractivity (Wildman–Crippen MR) is 106 cm³/mol. The maximum absolute atomic E-state index is 12.3. The van der Waals surface area contributed by atoms with Crippen molar-refractivity contribution in [3.63, 3.8) is 0 Å². The number of pyridine rings is 1. The zero-order valence-corrected chi connectivity index (χ0v) is 16.0. The number of amides is 3. The third kappa shape index (κ3) is 3.66. The highest BCUT2D eigenvalue weighted by Crippen LogP contribution is 2.28. The van der Waals surface area contributed by atoms with Gasteiger partial charge in [0.1, 0.15) is 0 Å². The molecule has 9 heteroatoms. The highest BCUT2D eigenvalue weighted by atomic mass is 32.2. The van der Waals surface area contributed by atoms with Gasteiger partial charge in [-0.3, -0.25) is 9.78 Å². The van der Waals surface area contributed by atoms with Crippen molar-refractivity contribution in [1.29, 1.82) is 0 Å². The molecule has 2 aliphatic heterocycles. The van der Waals surface area contributed by atoms with Gasteiger partial charge in [0.15, 0.2) is 9.84 Å². The van der Waals surface area contributed by atoms with Crippen molar-refractivity contribution in [2.24, 2.45) is 0 Å². The molecule has 2 fully saturated rings. The predicted octanol–water partition coefficient (Wildman–Crippen LogP) is 1.58. The third-order valence-corrected chi connectivity index (χ3v) is 7.66. The van der Waals surface area contributed by atoms with Crippen LogP contribution >= 0.6 is 0 Å². The molecule has 2 aliphatic rings. The summed E-state index contributed by atoms with van der Waals surface area (Å²) in [5.41, 5.74) is 1.53. The number of rotatable bonds is 6. The molecule has 0 unspecified atom stereocenters. The molecule has 3 N–H and O–H groups in total. The minimum absolute atomic E-state index is 0.0172. The summed E-state index contributed by atoms with van der Waals surface area (Å²) >= 11 is 0. The molecule has 3 atom stereocenters. The van der Waals surface area contributed by atoms with E-state index in [1.54, 1.807) is 6.20 Å². The van der Waals surface area contributed by atoms with E-state index in [2.05, 4.69) is 20.9 Å². The average molecular weight is 402 g/mol. The molecule has 3 amide bonds. The molecule has 2 aromatic rings. The Labute approximate surface area is 163 Å². The molecule has 0 aliphatic carbocycles. The zero-order valence-electron chi connectivity index (χ0n) is 15.2. The first kappa shape index (κ1) is 18.7. The summed E-state index contributed by atoms with van der Waals surface area (Å²) in [6.07, 6.45) is 3.64. The Bertz CT molecular complexity index is 1020. The molecule has 2 saturated heterocycles. The molecular formula is C19H22N4O4S. The first-order valence-corrected chi connectivity index (χ1v) is 11.1. The maximum Gasteiger partial charge on any atom is 0.315 e. The first-order chi connectivity index (χ1) is 13.4. The number of unbranched alkanes of at least 4 members (excludes halogenated alkanes) is 1. The summed E-state index contributed by atoms with van der Waals surface area (Å²) in [4.78, 5) is 28.0. The smallest absolute Gasteiger partial charge is 0.315 e. The Morgan fingerprint density at radius 2 is 2.04 bits per heavy atom. The molecule has 3 heterocycles. The van der Waals surface area contributed by atoms with E-state index in [0.29, 0.717) is 25.7 Å². The molecule has 8 nitrogen and oxygen atoms in total. The van der Waals surface area contributed by atoms with Gasteiger partial charge in [-0.1, -0.05) is 12.5 Å². The van der Waals surface area contributed by atoms with E-state index in [0.717, 1.165) is 16.6 Å². The lowest BCUT2D eigenvalue weighted by Crippen LogP contribution is -2.39. The van der Waals surface area contributed by atoms with Crippen molar-refractivity contribution in [2.45, 2.75) is 43.0 Å². The normalized spacial score (nSPS) is 25.1. The number of aromatic nitrogens is 1. The van der Waals surface area contributed by atoms with Crippen LogP contribution < -0.4 is 16.0 Å². The van der Waals surface area contributed by atoms with Crippen LogP contribution in [0.4, 0.5) is 10.5 Å². The van der Waals surface area contributed by atoms with Gasteiger partial charge in [0.2, 0.25) is 5.91 Å². The average Bonchev–Trinajstić information content (AvgIpc) is 3.10. The fourth-order valence-corrected chi connectivity index (χ4v) is 6.33. The number of carbonyl (C=O) groups is 2. The minimum Gasteiger partial charge on any atom is -0.332 e. The number of fused-ring (bicyclic) bond motifs is 2. The van der Waals surface area contributed by atoms with Crippen molar-refractivity contribution < 1.29 is 18.0 Å². The second-order valence-corrected chi connectivity index (χ2v) is 9.55. The third-order valence-electron chi connectivity index (χ3n) is 5.38. The number of hydrogen-bond acceptors (Lipinski definition) is 5. The highest BCUT2D eigenvalue weighted by Gasteiger charge is 2.51. The van der Waals surface area contributed by atoms with Gasteiger partial charge in [-0.05, 0) is 37.1 Å². The fourth-order valence-electron chi connectivity index (χ4n) is 4.06. The fraction of sp³-hybridized carbons (Fsp3) is 0.421. The Hall–Kier alpha value is -2.68. The van der Waals surface area contributed by atoms with Gasteiger partial charge in [0.05, 0.1) is 34.3 Å². The van der Waals surface area contributed by atoms with Crippen molar-refractivity contribution in [1.82, 2.24) is 15.6 Å². The number of nitrogens with one attached hydrogen (secondary N) is 3. The summed E-state index contributed by atoms with van der Waals surface area (Å²) in [5.74, 6) is -0.129. The van der Waals surface area contributed by atoms with Crippen LogP contribution in [0, 0.1) is 0 Å². The molecule has 0 spiro atoms.